The molecule has 1 atom stereocenters. The van der Waals surface area contributed by atoms with E-state index in [-0.39, 0.29) is 11.4 Å². The summed E-state index contributed by atoms with van der Waals surface area (Å²) in [6.07, 6.45) is 6.08. The maximum absolute atomic E-state index is 12.4. The van der Waals surface area contributed by atoms with E-state index in [0.717, 1.165) is 32.3 Å². The zero-order valence-electron chi connectivity index (χ0n) is 11.3. The van der Waals surface area contributed by atoms with Gasteiger partial charge < -0.3 is 20.4 Å². The smallest absolute Gasteiger partial charge is 0.268 e. The van der Waals surface area contributed by atoms with Crippen LogP contribution < -0.4 is 11.1 Å². The maximum atomic E-state index is 12.4. The zero-order chi connectivity index (χ0) is 13.5. The molecule has 3 N–H and O–H groups in total. The lowest BCUT2D eigenvalue weighted by atomic mass is 9.95. The highest BCUT2D eigenvalue weighted by atomic mass is 16.5. The number of carbonyl (C=O) groups is 1. The van der Waals surface area contributed by atoms with Gasteiger partial charge in [-0.2, -0.15) is 0 Å². The van der Waals surface area contributed by atoms with Gasteiger partial charge in [0.05, 0.1) is 17.8 Å². The molecule has 5 nitrogen and oxygen atoms in total. The minimum Gasteiger partial charge on any atom is -0.397 e. The lowest BCUT2D eigenvalue weighted by Crippen LogP contribution is -2.51. The number of nitrogens with two attached hydrogens (primary N) is 1. The molecule has 0 radical (unpaired) electrons. The summed E-state index contributed by atoms with van der Waals surface area (Å²) in [6.45, 7) is 3.41. The first-order valence-corrected chi connectivity index (χ1v) is 6.95. The fourth-order valence-electron chi connectivity index (χ4n) is 2.71. The molecular weight excluding hydrogens is 242 g/mol. The van der Waals surface area contributed by atoms with Crippen LogP contribution in [0.1, 0.15) is 49.1 Å². The number of nitrogens with zero attached hydrogens (tertiary/aromatic N) is 1. The second kappa shape index (κ2) is 4.56. The summed E-state index contributed by atoms with van der Waals surface area (Å²) in [6, 6.07) is 2.22. The predicted octanol–water partition coefficient (Wildman–Crippen LogP) is 1.70. The van der Waals surface area contributed by atoms with Crippen LogP contribution in [0, 0.1) is 0 Å². The first-order valence-electron chi connectivity index (χ1n) is 6.95. The van der Waals surface area contributed by atoms with E-state index in [2.05, 4.69) is 5.32 Å². The Hall–Kier alpha value is -1.49. The predicted molar refractivity (Wildman–Crippen MR) is 73.0 cm³/mol. The Bertz CT molecular complexity index is 485. The lowest BCUT2D eigenvalue weighted by molar-refractivity contribution is 0.0270. The van der Waals surface area contributed by atoms with Crippen molar-refractivity contribution < 1.29 is 9.53 Å². The second-order valence-electron chi connectivity index (χ2n) is 5.97. The van der Waals surface area contributed by atoms with Crippen LogP contribution in [0.3, 0.4) is 0 Å². The van der Waals surface area contributed by atoms with E-state index in [4.69, 9.17) is 10.5 Å². The van der Waals surface area contributed by atoms with Gasteiger partial charge in [0.15, 0.2) is 0 Å². The van der Waals surface area contributed by atoms with Crippen molar-refractivity contribution in [3.05, 3.63) is 18.0 Å². The number of nitrogen functional groups attached to an aromatic ring is 1. The van der Waals surface area contributed by atoms with Crippen molar-refractivity contribution in [2.75, 3.05) is 18.9 Å². The highest BCUT2D eigenvalue weighted by Crippen LogP contribution is 2.37. The molecule has 1 aromatic rings. The number of anilines is 1. The SMILES string of the molecule is CC1(NC(=O)c2cc(N)cn2C2CC2)CCCOC1. The summed E-state index contributed by atoms with van der Waals surface area (Å²) in [7, 11) is 0. The van der Waals surface area contributed by atoms with Crippen LogP contribution in [0.2, 0.25) is 0 Å². The summed E-state index contributed by atoms with van der Waals surface area (Å²) >= 11 is 0. The maximum Gasteiger partial charge on any atom is 0.268 e. The normalized spacial score (nSPS) is 27.2. The Balaban J connectivity index is 1.76. The molecule has 1 unspecified atom stereocenters. The minimum absolute atomic E-state index is 0.0448. The average Bonchev–Trinajstić information content (AvgIpc) is 3.12. The third kappa shape index (κ3) is 2.61. The van der Waals surface area contributed by atoms with Crippen molar-refractivity contribution in [2.24, 2.45) is 0 Å². The van der Waals surface area contributed by atoms with Crippen LogP contribution in [-0.4, -0.2) is 29.2 Å². The standard InChI is InChI=1S/C14H21N3O2/c1-14(5-2-6-19-9-14)16-13(18)12-7-10(15)8-17(12)11-3-4-11/h7-8,11H,2-6,9,15H2,1H3,(H,16,18). The molecule has 0 aromatic carbocycles. The van der Waals surface area contributed by atoms with Crippen LogP contribution in [-0.2, 0) is 4.74 Å². The average molecular weight is 263 g/mol. The van der Waals surface area contributed by atoms with E-state index in [9.17, 15) is 4.79 Å². The molecule has 2 aliphatic rings. The van der Waals surface area contributed by atoms with Gasteiger partial charge in [-0.25, -0.2) is 0 Å². The highest BCUT2D eigenvalue weighted by molar-refractivity contribution is 5.94. The molecule has 3 rings (SSSR count). The number of hydrogen-bond donors (Lipinski definition) is 2. The van der Waals surface area contributed by atoms with Gasteiger partial charge >= 0.3 is 0 Å². The van der Waals surface area contributed by atoms with Gasteiger partial charge in [0.1, 0.15) is 5.69 Å². The first kappa shape index (κ1) is 12.5. The fourth-order valence-corrected chi connectivity index (χ4v) is 2.71. The van der Waals surface area contributed by atoms with Gasteiger partial charge in [-0.15, -0.1) is 0 Å². The van der Waals surface area contributed by atoms with Crippen molar-refractivity contribution in [3.8, 4) is 0 Å². The van der Waals surface area contributed by atoms with Gasteiger partial charge in [-0.3, -0.25) is 4.79 Å². The van der Waals surface area contributed by atoms with Crippen LogP contribution in [0.25, 0.3) is 0 Å². The van der Waals surface area contributed by atoms with Crippen LogP contribution in [0.4, 0.5) is 5.69 Å². The van der Waals surface area contributed by atoms with Gasteiger partial charge in [-0.1, -0.05) is 0 Å². The van der Waals surface area contributed by atoms with Crippen molar-refractivity contribution in [1.82, 2.24) is 9.88 Å². The van der Waals surface area contributed by atoms with Crippen molar-refractivity contribution >= 4 is 11.6 Å². The quantitative estimate of drug-likeness (QED) is 0.872. The van der Waals surface area contributed by atoms with E-state index >= 15 is 0 Å². The van der Waals surface area contributed by atoms with Crippen LogP contribution >= 0.6 is 0 Å². The largest absolute Gasteiger partial charge is 0.397 e. The first-order chi connectivity index (χ1) is 9.07. The molecule has 1 aliphatic heterocycles. The van der Waals surface area contributed by atoms with E-state index in [1.54, 1.807) is 6.07 Å². The number of carbonyl (C=O) groups excluding carboxylic acids is 1. The number of nitrogens with one attached hydrogen (secondary N) is 1. The van der Waals surface area contributed by atoms with Gasteiger partial charge in [-0.05, 0) is 38.7 Å². The molecule has 1 aromatic heterocycles. The molecule has 5 heteroatoms. The zero-order valence-corrected chi connectivity index (χ0v) is 11.3. The number of hydrogen-bond acceptors (Lipinski definition) is 3. The Morgan fingerprint density at radius 2 is 2.37 bits per heavy atom. The van der Waals surface area contributed by atoms with E-state index in [1.165, 1.54) is 0 Å². The summed E-state index contributed by atoms with van der Waals surface area (Å²) < 4.78 is 7.48. The van der Waals surface area contributed by atoms with Crippen molar-refractivity contribution in [3.63, 3.8) is 0 Å². The summed E-state index contributed by atoms with van der Waals surface area (Å²) in [5.74, 6) is -0.0448. The minimum atomic E-state index is -0.261. The molecule has 2 fully saturated rings. The Labute approximate surface area is 113 Å². The lowest BCUT2D eigenvalue weighted by Gasteiger charge is -2.34. The number of ether oxygens (including phenoxy) is 1. The molecule has 0 spiro atoms. The molecule has 0 bridgehead atoms. The van der Waals surface area contributed by atoms with Crippen molar-refractivity contribution in [2.45, 2.75) is 44.2 Å². The summed E-state index contributed by atoms with van der Waals surface area (Å²) in [5, 5.41) is 3.11. The summed E-state index contributed by atoms with van der Waals surface area (Å²) in [5.41, 5.74) is 6.89. The Morgan fingerprint density at radius 3 is 3.00 bits per heavy atom. The summed E-state index contributed by atoms with van der Waals surface area (Å²) in [4.78, 5) is 12.4. The van der Waals surface area contributed by atoms with E-state index < -0.39 is 0 Å². The van der Waals surface area contributed by atoms with Crippen LogP contribution in [0.15, 0.2) is 12.3 Å². The molecule has 19 heavy (non-hydrogen) atoms. The number of amides is 1. The molecule has 1 aliphatic carbocycles. The highest BCUT2D eigenvalue weighted by Gasteiger charge is 2.32. The monoisotopic (exact) mass is 263 g/mol. The fraction of sp³-hybridized carbons (Fsp3) is 0.643. The molecule has 1 saturated carbocycles. The second-order valence-corrected chi connectivity index (χ2v) is 5.97. The number of aromatic nitrogens is 1. The van der Waals surface area contributed by atoms with Gasteiger partial charge in [0, 0.05) is 18.8 Å². The third-order valence-corrected chi connectivity index (χ3v) is 3.90. The Morgan fingerprint density at radius 1 is 1.58 bits per heavy atom. The third-order valence-electron chi connectivity index (χ3n) is 3.90. The van der Waals surface area contributed by atoms with Gasteiger partial charge in [0.2, 0.25) is 0 Å². The molecule has 104 valence electrons. The van der Waals surface area contributed by atoms with Gasteiger partial charge in [0.25, 0.3) is 5.91 Å². The topological polar surface area (TPSA) is 69.3 Å². The van der Waals surface area contributed by atoms with Crippen LogP contribution in [0.5, 0.6) is 0 Å². The van der Waals surface area contributed by atoms with E-state index in [0.29, 0.717) is 24.0 Å². The number of rotatable bonds is 3. The van der Waals surface area contributed by atoms with E-state index in [1.807, 2.05) is 17.7 Å². The molecule has 1 amide bonds. The molecular formula is C14H21N3O2. The molecule has 2 heterocycles. The van der Waals surface area contributed by atoms with Crippen molar-refractivity contribution in [1.29, 1.82) is 0 Å². The Kier molecular flexibility index (Phi) is 3.01. The molecule has 1 saturated heterocycles.